The Morgan fingerprint density at radius 1 is 0.145 bits per heavy atom. The predicted octanol–water partition coefficient (Wildman–Crippen LogP) is 26.6. The van der Waals surface area contributed by atoms with Crippen LogP contribution in [0.2, 0.25) is 0 Å². The SMILES string of the molecule is c1ccc(-c2ccc3nc(-c4ccccc4)cc(-c4ccc(-c5ccc6ccccc6n5)nc4)c3c2)cc1.c1ccc(-c2ccc3nc(-c4ccccc4)cc(-c4ccc(-c5ccccn5)cc4)c3c2)cc1.c1ccc(-c2ccc3nc(-c4ccccc4)cc(-c4cccc(-c5ccc6ccccc6n5)c4)c3c2)cc1. The van der Waals surface area contributed by atoms with E-state index in [9.17, 15) is 0 Å². The maximum Gasteiger partial charge on any atom is 0.0893 e. The number of nitrogens with zero attached hydrogens (tertiary/aromatic N) is 7. The van der Waals surface area contributed by atoms with Gasteiger partial charge in [-0.15, -0.1) is 0 Å². The molecule has 0 saturated carbocycles. The highest BCUT2D eigenvalue weighted by Crippen LogP contribution is 2.40. The summed E-state index contributed by atoms with van der Waals surface area (Å²) in [7, 11) is 0. The summed E-state index contributed by atoms with van der Waals surface area (Å²) in [5.41, 5.74) is 30.9. The van der Waals surface area contributed by atoms with E-state index in [-0.39, 0.29) is 0 Å². The Balaban J connectivity index is 0.000000116. The van der Waals surface area contributed by atoms with Gasteiger partial charge >= 0.3 is 0 Å². The molecule has 0 radical (unpaired) electrons. The van der Waals surface area contributed by atoms with Crippen molar-refractivity contribution in [3.63, 3.8) is 0 Å². The van der Waals surface area contributed by atoms with Gasteiger partial charge in [0, 0.05) is 72.7 Å². The number of aromatic nitrogens is 7. The Kier molecular flexibility index (Phi) is 18.7. The van der Waals surface area contributed by atoms with Gasteiger partial charge in [0.1, 0.15) is 0 Å². The normalized spacial score (nSPS) is 11.1. The summed E-state index contributed by atoms with van der Waals surface area (Å²) in [6, 6.07) is 141. The zero-order valence-corrected chi connectivity index (χ0v) is 60.0. The first kappa shape index (κ1) is 67.1. The fourth-order valence-electron chi connectivity index (χ4n) is 14.4. The van der Waals surface area contributed by atoms with Crippen molar-refractivity contribution in [2.45, 2.75) is 0 Å². The monoisotopic (exact) mass is 1400 g/mol. The van der Waals surface area contributed by atoms with Gasteiger partial charge in [-0.1, -0.05) is 303 Å². The standard InChI is InChI=1S/C36H24N2.C35H23N3.C32H22N2/c1-3-10-25(11-4-1)28-19-21-35-32(23-28)31(24-36(38-35)26-12-5-2-6-13-26)29-15-9-16-30(22-29)34-20-18-27-14-7-8-17-33(27)37-34;1-3-9-24(10-4-1)27-16-18-32-30(21-27)29(22-35(38-32)25-11-5-2-6-12-25)28-17-19-33(36-23-28)34-20-15-26-13-7-8-14-31(26)37-34;1-3-9-23(10-4-1)27-18-19-31-29(21-27)28(22-32(34-31)25-11-5-2-6-12-25)24-14-16-26(17-15-24)30-13-7-8-20-33-30/h1-24H;1-23H;1-22H. The molecule has 0 unspecified atom stereocenters. The lowest BCUT2D eigenvalue weighted by atomic mass is 9.94. The number of para-hydroxylation sites is 2. The van der Waals surface area contributed by atoms with E-state index < -0.39 is 0 Å². The molecule has 110 heavy (non-hydrogen) atoms. The molecule has 0 aliphatic rings. The molecule has 516 valence electrons. The second-order valence-corrected chi connectivity index (χ2v) is 27.1. The molecule has 0 aliphatic heterocycles. The summed E-state index contributed by atoms with van der Waals surface area (Å²) >= 11 is 0. The van der Waals surface area contributed by atoms with Crippen LogP contribution in [0.3, 0.4) is 0 Å². The molecule has 0 aliphatic carbocycles. The first-order valence-electron chi connectivity index (χ1n) is 37.0. The first-order valence-corrected chi connectivity index (χ1v) is 37.0. The van der Waals surface area contributed by atoms with Crippen LogP contribution in [0.25, 0.3) is 189 Å². The summed E-state index contributed by atoms with van der Waals surface area (Å²) in [5.74, 6) is 0. The van der Waals surface area contributed by atoms with Crippen LogP contribution in [0.4, 0.5) is 0 Å². The van der Waals surface area contributed by atoms with E-state index in [1.165, 1.54) is 38.9 Å². The molecule has 7 nitrogen and oxygen atoms in total. The molecule has 0 amide bonds. The highest BCUT2D eigenvalue weighted by atomic mass is 14.8. The van der Waals surface area contributed by atoms with Gasteiger partial charge in [0.25, 0.3) is 0 Å². The van der Waals surface area contributed by atoms with Gasteiger partial charge in [0.2, 0.25) is 0 Å². The molecular weight excluding hydrogens is 1340 g/mol. The average molecular weight is 1400 g/mol. The maximum atomic E-state index is 5.07. The van der Waals surface area contributed by atoms with E-state index in [2.05, 4.69) is 314 Å². The van der Waals surface area contributed by atoms with Gasteiger partial charge in [0.05, 0.1) is 67.4 Å². The fraction of sp³-hybridized carbons (Fsp3) is 0. The fourth-order valence-corrected chi connectivity index (χ4v) is 14.4. The second kappa shape index (κ2) is 30.7. The predicted molar refractivity (Wildman–Crippen MR) is 457 cm³/mol. The summed E-state index contributed by atoms with van der Waals surface area (Å²) < 4.78 is 0. The van der Waals surface area contributed by atoms with Gasteiger partial charge in [0.15, 0.2) is 0 Å². The number of pyridine rings is 7. The first-order chi connectivity index (χ1) is 54.5. The molecule has 7 heterocycles. The summed E-state index contributed by atoms with van der Waals surface area (Å²) in [5, 5.41) is 5.65. The van der Waals surface area contributed by atoms with E-state index in [0.29, 0.717) is 0 Å². The molecule has 0 fully saturated rings. The van der Waals surface area contributed by atoms with Crippen LogP contribution in [0.1, 0.15) is 0 Å². The number of rotatable bonds is 12. The van der Waals surface area contributed by atoms with Crippen molar-refractivity contribution in [3.05, 3.63) is 419 Å². The van der Waals surface area contributed by atoms with Crippen LogP contribution in [0.15, 0.2) is 419 Å². The van der Waals surface area contributed by atoms with Gasteiger partial charge in [-0.05, 0) is 164 Å². The zero-order chi connectivity index (χ0) is 73.4. The van der Waals surface area contributed by atoms with Gasteiger partial charge in [-0.25, -0.2) is 24.9 Å². The van der Waals surface area contributed by atoms with Gasteiger partial charge < -0.3 is 0 Å². The average Bonchev–Trinajstić information content (AvgIpc) is 0.776. The molecule has 20 rings (SSSR count). The lowest BCUT2D eigenvalue weighted by Gasteiger charge is -2.13. The van der Waals surface area contributed by atoms with E-state index in [4.69, 9.17) is 29.9 Å². The molecule has 0 spiro atoms. The van der Waals surface area contributed by atoms with Crippen LogP contribution in [0, 0.1) is 0 Å². The Morgan fingerprint density at radius 2 is 0.482 bits per heavy atom. The Hall–Kier alpha value is -14.8. The van der Waals surface area contributed by atoms with Crippen molar-refractivity contribution in [1.82, 2.24) is 34.9 Å². The minimum absolute atomic E-state index is 0.853. The van der Waals surface area contributed by atoms with Crippen LogP contribution >= 0.6 is 0 Å². The van der Waals surface area contributed by atoms with Crippen LogP contribution in [-0.4, -0.2) is 34.9 Å². The minimum Gasteiger partial charge on any atom is -0.256 e. The number of fused-ring (bicyclic) bond motifs is 5. The third-order valence-corrected chi connectivity index (χ3v) is 20.1. The highest BCUT2D eigenvalue weighted by Gasteiger charge is 2.18. The zero-order valence-electron chi connectivity index (χ0n) is 60.0. The molecule has 20 aromatic rings. The molecule has 7 heteroatoms. The number of benzene rings is 13. The quantitative estimate of drug-likeness (QED) is 0.120. The van der Waals surface area contributed by atoms with Crippen molar-refractivity contribution in [1.29, 1.82) is 0 Å². The van der Waals surface area contributed by atoms with E-state index >= 15 is 0 Å². The second-order valence-electron chi connectivity index (χ2n) is 27.1. The largest absolute Gasteiger partial charge is 0.256 e. The molecule has 0 saturated heterocycles. The van der Waals surface area contributed by atoms with Crippen molar-refractivity contribution < 1.29 is 0 Å². The van der Waals surface area contributed by atoms with Crippen molar-refractivity contribution in [3.8, 4) is 134 Å². The minimum atomic E-state index is 0.853. The summed E-state index contributed by atoms with van der Waals surface area (Å²) in [6.07, 6.45) is 3.78. The van der Waals surface area contributed by atoms with Crippen LogP contribution in [-0.2, 0) is 0 Å². The van der Waals surface area contributed by atoms with Gasteiger partial charge in [-0.3, -0.25) is 9.97 Å². The third-order valence-electron chi connectivity index (χ3n) is 20.1. The Labute approximate surface area is 638 Å². The molecule has 0 atom stereocenters. The lowest BCUT2D eigenvalue weighted by Crippen LogP contribution is -1.93. The third kappa shape index (κ3) is 14.4. The number of hydrogen-bond donors (Lipinski definition) is 0. The Bertz CT molecular complexity index is 6650. The van der Waals surface area contributed by atoms with Gasteiger partial charge in [-0.2, -0.15) is 0 Å². The lowest BCUT2D eigenvalue weighted by molar-refractivity contribution is 1.28. The smallest absolute Gasteiger partial charge is 0.0893 e. The topological polar surface area (TPSA) is 90.2 Å². The summed E-state index contributed by atoms with van der Waals surface area (Å²) in [6.45, 7) is 0. The number of hydrogen-bond acceptors (Lipinski definition) is 7. The van der Waals surface area contributed by atoms with Crippen LogP contribution in [0.5, 0.6) is 0 Å². The van der Waals surface area contributed by atoms with Crippen molar-refractivity contribution in [2.75, 3.05) is 0 Å². The van der Waals surface area contributed by atoms with Crippen molar-refractivity contribution >= 4 is 54.5 Å². The molecule has 7 aromatic heterocycles. The van der Waals surface area contributed by atoms with Crippen LogP contribution < -0.4 is 0 Å². The highest BCUT2D eigenvalue weighted by molar-refractivity contribution is 6.02. The van der Waals surface area contributed by atoms with E-state index in [1.807, 2.05) is 109 Å². The van der Waals surface area contributed by atoms with E-state index in [0.717, 1.165) is 150 Å². The molecule has 0 N–H and O–H groups in total. The molecule has 0 bridgehead atoms. The van der Waals surface area contributed by atoms with E-state index in [1.54, 1.807) is 0 Å². The summed E-state index contributed by atoms with van der Waals surface area (Å²) in [4.78, 5) is 34.2. The molecule has 13 aromatic carbocycles. The Morgan fingerprint density at radius 3 is 0.927 bits per heavy atom. The van der Waals surface area contributed by atoms with Crippen molar-refractivity contribution in [2.24, 2.45) is 0 Å². The molecular formula is C103H69N7. The maximum absolute atomic E-state index is 5.07.